The summed E-state index contributed by atoms with van der Waals surface area (Å²) in [7, 11) is 6.42. The maximum Gasteiger partial charge on any atom is 0.162 e. The Kier molecular flexibility index (Phi) is 8.58. The van der Waals surface area contributed by atoms with Crippen molar-refractivity contribution in [1.29, 1.82) is 0 Å². The molecule has 0 fully saturated rings. The third-order valence-corrected chi connectivity index (χ3v) is 6.31. The number of rotatable bonds is 10. The second-order valence-corrected chi connectivity index (χ2v) is 8.89. The Morgan fingerprint density at radius 3 is 2.14 bits per heavy atom. The summed E-state index contributed by atoms with van der Waals surface area (Å²) in [5.41, 5.74) is 2.59. The van der Waals surface area contributed by atoms with Gasteiger partial charge in [0.15, 0.2) is 17.3 Å². The van der Waals surface area contributed by atoms with Crippen molar-refractivity contribution in [2.24, 2.45) is 0 Å². The number of benzene rings is 3. The van der Waals surface area contributed by atoms with E-state index in [2.05, 4.69) is 5.32 Å². The van der Waals surface area contributed by atoms with Crippen molar-refractivity contribution in [2.45, 2.75) is 6.42 Å². The Bertz CT molecular complexity index is 1420. The van der Waals surface area contributed by atoms with Gasteiger partial charge in [-0.1, -0.05) is 35.3 Å². The Balaban J connectivity index is 1.69. The largest absolute Gasteiger partial charge is 0.497 e. The van der Waals surface area contributed by atoms with E-state index in [1.165, 1.54) is 0 Å². The van der Waals surface area contributed by atoms with Gasteiger partial charge in [0.25, 0.3) is 0 Å². The second kappa shape index (κ2) is 12.0. The van der Waals surface area contributed by atoms with Gasteiger partial charge in [0.05, 0.1) is 34.0 Å². The molecule has 3 aromatic carbocycles. The van der Waals surface area contributed by atoms with E-state index in [1.807, 2.05) is 54.6 Å². The fourth-order valence-corrected chi connectivity index (χ4v) is 4.32. The Labute approximate surface area is 226 Å². The first kappa shape index (κ1) is 26.4. The molecule has 1 N–H and O–H groups in total. The first-order valence-electron chi connectivity index (χ1n) is 11.5. The zero-order valence-corrected chi connectivity index (χ0v) is 22.5. The van der Waals surface area contributed by atoms with E-state index in [4.69, 9.17) is 52.1 Å². The number of halogens is 2. The quantitative estimate of drug-likeness (QED) is 0.237. The van der Waals surface area contributed by atoms with Crippen LogP contribution in [0.1, 0.15) is 17.0 Å². The van der Waals surface area contributed by atoms with Crippen LogP contribution in [-0.4, -0.2) is 45.0 Å². The monoisotopic (exact) mass is 539 g/mol. The Morgan fingerprint density at radius 1 is 0.784 bits per heavy atom. The van der Waals surface area contributed by atoms with Crippen LogP contribution in [0, 0.1) is 0 Å². The lowest BCUT2D eigenvalue weighted by molar-refractivity contribution is 0.356. The van der Waals surface area contributed by atoms with Crippen molar-refractivity contribution in [3.63, 3.8) is 0 Å². The van der Waals surface area contributed by atoms with Gasteiger partial charge in [0, 0.05) is 34.1 Å². The van der Waals surface area contributed by atoms with Crippen molar-refractivity contribution in [3.05, 3.63) is 75.5 Å². The van der Waals surface area contributed by atoms with Crippen molar-refractivity contribution in [3.8, 4) is 23.0 Å². The molecule has 4 aromatic rings. The SMILES string of the molecule is COc1cc(/C=C/c2nc(NCCc3ccc(Cl)cc3Cl)c3cc(OC)c(OC)cc3n2)cc(OC)c1. The van der Waals surface area contributed by atoms with Crippen molar-refractivity contribution >= 4 is 52.1 Å². The highest BCUT2D eigenvalue weighted by molar-refractivity contribution is 6.35. The fourth-order valence-electron chi connectivity index (χ4n) is 3.82. The molecule has 0 aliphatic carbocycles. The van der Waals surface area contributed by atoms with Gasteiger partial charge in [-0.2, -0.15) is 0 Å². The minimum Gasteiger partial charge on any atom is -0.497 e. The summed E-state index contributed by atoms with van der Waals surface area (Å²) in [4.78, 5) is 9.52. The number of hydrogen-bond donors (Lipinski definition) is 1. The van der Waals surface area contributed by atoms with E-state index in [1.54, 1.807) is 34.5 Å². The smallest absolute Gasteiger partial charge is 0.162 e. The maximum absolute atomic E-state index is 6.35. The number of hydrogen-bond acceptors (Lipinski definition) is 7. The minimum absolute atomic E-state index is 0.522. The standard InChI is InChI=1S/C28H27Cl2N3O4/c1-34-20-11-17(12-21(14-20)35-2)5-8-27-32-24-16-26(37-4)25(36-3)15-22(24)28(33-27)31-10-9-18-6-7-19(29)13-23(18)30/h5-8,11-16H,9-10H2,1-4H3,(H,31,32,33)/b8-5+. The highest BCUT2D eigenvalue weighted by Crippen LogP contribution is 2.34. The van der Waals surface area contributed by atoms with E-state index in [0.29, 0.717) is 63.2 Å². The van der Waals surface area contributed by atoms with Crippen LogP contribution in [0.25, 0.3) is 23.1 Å². The summed E-state index contributed by atoms with van der Waals surface area (Å²) in [5.74, 6) is 3.75. The van der Waals surface area contributed by atoms with Crippen molar-refractivity contribution in [2.75, 3.05) is 40.3 Å². The zero-order valence-electron chi connectivity index (χ0n) is 21.0. The molecule has 37 heavy (non-hydrogen) atoms. The molecule has 0 aliphatic rings. The van der Waals surface area contributed by atoms with Crippen LogP contribution < -0.4 is 24.3 Å². The van der Waals surface area contributed by atoms with Gasteiger partial charge < -0.3 is 24.3 Å². The molecule has 0 unspecified atom stereocenters. The predicted molar refractivity (Wildman–Crippen MR) is 150 cm³/mol. The van der Waals surface area contributed by atoms with E-state index >= 15 is 0 Å². The predicted octanol–water partition coefficient (Wildman–Crippen LogP) is 6.80. The molecular formula is C28H27Cl2N3O4. The topological polar surface area (TPSA) is 74.7 Å². The number of anilines is 1. The van der Waals surface area contributed by atoms with Gasteiger partial charge >= 0.3 is 0 Å². The molecule has 0 aliphatic heterocycles. The van der Waals surface area contributed by atoms with Crippen LogP contribution in [-0.2, 0) is 6.42 Å². The molecule has 0 bridgehead atoms. The van der Waals surface area contributed by atoms with Gasteiger partial charge in [-0.3, -0.25) is 0 Å². The van der Waals surface area contributed by atoms with Gasteiger partial charge in [-0.15, -0.1) is 0 Å². The van der Waals surface area contributed by atoms with E-state index in [9.17, 15) is 0 Å². The van der Waals surface area contributed by atoms with Gasteiger partial charge in [-0.05, 0) is 54.0 Å². The molecule has 7 nitrogen and oxygen atoms in total. The van der Waals surface area contributed by atoms with Crippen LogP contribution in [0.2, 0.25) is 10.0 Å². The average molecular weight is 540 g/mol. The van der Waals surface area contributed by atoms with Crippen molar-refractivity contribution < 1.29 is 18.9 Å². The van der Waals surface area contributed by atoms with Crippen LogP contribution in [0.5, 0.6) is 23.0 Å². The van der Waals surface area contributed by atoms with Crippen LogP contribution >= 0.6 is 23.2 Å². The summed E-state index contributed by atoms with van der Waals surface area (Å²) in [6.45, 7) is 0.595. The molecule has 1 aromatic heterocycles. The number of methoxy groups -OCH3 is 4. The summed E-state index contributed by atoms with van der Waals surface area (Å²) in [6.07, 6.45) is 4.43. The molecule has 0 atom stereocenters. The number of nitrogens with one attached hydrogen (secondary N) is 1. The number of fused-ring (bicyclic) bond motifs is 1. The van der Waals surface area contributed by atoms with E-state index in [0.717, 1.165) is 16.5 Å². The average Bonchev–Trinajstić information content (AvgIpc) is 2.91. The molecule has 1 heterocycles. The van der Waals surface area contributed by atoms with Crippen LogP contribution in [0.4, 0.5) is 5.82 Å². The van der Waals surface area contributed by atoms with E-state index < -0.39 is 0 Å². The summed E-state index contributed by atoms with van der Waals surface area (Å²) >= 11 is 12.4. The second-order valence-electron chi connectivity index (χ2n) is 8.05. The molecule has 4 rings (SSSR count). The summed E-state index contributed by atoms with van der Waals surface area (Å²) in [6, 6.07) is 14.8. The fraction of sp³-hybridized carbons (Fsp3) is 0.214. The van der Waals surface area contributed by atoms with E-state index in [-0.39, 0.29) is 0 Å². The van der Waals surface area contributed by atoms with Gasteiger partial charge in [0.1, 0.15) is 17.3 Å². The van der Waals surface area contributed by atoms with Gasteiger partial charge in [-0.25, -0.2) is 9.97 Å². The van der Waals surface area contributed by atoms with Crippen LogP contribution in [0.3, 0.4) is 0 Å². The lowest BCUT2D eigenvalue weighted by Crippen LogP contribution is -2.09. The number of ether oxygens (including phenoxy) is 4. The highest BCUT2D eigenvalue weighted by Gasteiger charge is 2.13. The lowest BCUT2D eigenvalue weighted by atomic mass is 10.1. The van der Waals surface area contributed by atoms with Crippen molar-refractivity contribution in [1.82, 2.24) is 9.97 Å². The van der Waals surface area contributed by atoms with Gasteiger partial charge in [0.2, 0.25) is 0 Å². The molecular weight excluding hydrogens is 513 g/mol. The zero-order chi connectivity index (χ0) is 26.4. The normalized spacial score (nSPS) is 11.1. The first-order chi connectivity index (χ1) is 17.9. The molecule has 0 saturated heterocycles. The Morgan fingerprint density at radius 2 is 1.49 bits per heavy atom. The maximum atomic E-state index is 6.35. The molecule has 0 spiro atoms. The summed E-state index contributed by atoms with van der Waals surface area (Å²) in [5, 5.41) is 5.47. The molecule has 192 valence electrons. The minimum atomic E-state index is 0.522. The lowest BCUT2D eigenvalue weighted by Gasteiger charge is -2.13. The summed E-state index contributed by atoms with van der Waals surface area (Å²) < 4.78 is 21.7. The van der Waals surface area contributed by atoms with Crippen LogP contribution in [0.15, 0.2) is 48.5 Å². The molecule has 0 amide bonds. The molecule has 0 radical (unpaired) electrons. The molecule has 9 heteroatoms. The third kappa shape index (κ3) is 6.37. The third-order valence-electron chi connectivity index (χ3n) is 5.72. The number of aromatic nitrogens is 2. The molecule has 0 saturated carbocycles. The first-order valence-corrected chi connectivity index (χ1v) is 12.2. The number of nitrogens with zero attached hydrogens (tertiary/aromatic N) is 2. The highest BCUT2D eigenvalue weighted by atomic mass is 35.5. The Hall–Kier alpha value is -3.68.